The van der Waals surface area contributed by atoms with E-state index in [1.54, 1.807) is 13.2 Å². The van der Waals surface area contributed by atoms with Gasteiger partial charge in [-0.15, -0.1) is 0 Å². The lowest BCUT2D eigenvalue weighted by Crippen LogP contribution is -2.18. The molecule has 5 nitrogen and oxygen atoms in total. The molecule has 26 heavy (non-hydrogen) atoms. The van der Waals surface area contributed by atoms with Gasteiger partial charge in [-0.25, -0.2) is 0 Å². The van der Waals surface area contributed by atoms with Gasteiger partial charge in [-0.3, -0.25) is 0 Å². The molecule has 4 rings (SSSR count). The van der Waals surface area contributed by atoms with Crippen LogP contribution in [0.4, 0.5) is 0 Å². The van der Waals surface area contributed by atoms with Crippen molar-refractivity contribution in [3.05, 3.63) is 47.5 Å². The average molecular weight is 356 g/mol. The Morgan fingerprint density at radius 1 is 1.04 bits per heavy atom. The molecule has 0 aromatic heterocycles. The first-order chi connectivity index (χ1) is 12.6. The number of benzene rings is 2. The third kappa shape index (κ3) is 2.97. The zero-order valence-corrected chi connectivity index (χ0v) is 15.3. The van der Waals surface area contributed by atoms with Gasteiger partial charge < -0.3 is 24.1 Å². The Hall–Kier alpha value is -2.40. The molecule has 0 radical (unpaired) electrons. The van der Waals surface area contributed by atoms with Gasteiger partial charge in [0, 0.05) is 0 Å². The molecule has 2 aliphatic rings. The molecule has 0 saturated carbocycles. The summed E-state index contributed by atoms with van der Waals surface area (Å²) in [6.45, 7) is 4.75. The average Bonchev–Trinajstić information content (AvgIpc) is 3.22. The SMILES string of the molecule is COc1cc(C[C@H]2O[C@H](c3ccc4c(c3)OCO4)[C@@H](C)[C@@H]2C)ccc1O. The van der Waals surface area contributed by atoms with Crippen LogP contribution in [0.2, 0.25) is 0 Å². The van der Waals surface area contributed by atoms with Gasteiger partial charge in [0.25, 0.3) is 0 Å². The summed E-state index contributed by atoms with van der Waals surface area (Å²) in [5.74, 6) is 3.03. The highest BCUT2D eigenvalue weighted by Crippen LogP contribution is 2.45. The van der Waals surface area contributed by atoms with Crippen LogP contribution < -0.4 is 14.2 Å². The van der Waals surface area contributed by atoms with Crippen LogP contribution in [0.3, 0.4) is 0 Å². The Morgan fingerprint density at radius 3 is 2.65 bits per heavy atom. The van der Waals surface area contributed by atoms with Crippen molar-refractivity contribution in [1.29, 1.82) is 0 Å². The van der Waals surface area contributed by atoms with Crippen molar-refractivity contribution in [2.24, 2.45) is 11.8 Å². The van der Waals surface area contributed by atoms with Crippen molar-refractivity contribution in [3.63, 3.8) is 0 Å². The van der Waals surface area contributed by atoms with Crippen LogP contribution in [0.5, 0.6) is 23.0 Å². The highest BCUT2D eigenvalue weighted by molar-refractivity contribution is 5.45. The molecule has 0 amide bonds. The second-order valence-corrected chi connectivity index (χ2v) is 7.14. The Balaban J connectivity index is 1.53. The molecule has 0 spiro atoms. The Labute approximate surface area is 153 Å². The fourth-order valence-electron chi connectivity index (χ4n) is 3.84. The topological polar surface area (TPSA) is 57.2 Å². The lowest BCUT2D eigenvalue weighted by Gasteiger charge is -2.17. The van der Waals surface area contributed by atoms with E-state index in [0.717, 1.165) is 29.0 Å². The van der Waals surface area contributed by atoms with Crippen molar-refractivity contribution in [1.82, 2.24) is 0 Å². The van der Waals surface area contributed by atoms with Gasteiger partial charge in [0.05, 0.1) is 19.3 Å². The Bertz CT molecular complexity index is 803. The third-order valence-electron chi connectivity index (χ3n) is 5.62. The lowest BCUT2D eigenvalue weighted by atomic mass is 9.85. The maximum absolute atomic E-state index is 9.78. The molecule has 5 heteroatoms. The van der Waals surface area contributed by atoms with Crippen LogP contribution in [-0.2, 0) is 11.2 Å². The number of fused-ring (bicyclic) bond motifs is 1. The van der Waals surface area contributed by atoms with Gasteiger partial charge >= 0.3 is 0 Å². The first kappa shape index (κ1) is 17.0. The normalized spacial score (nSPS) is 26.9. The summed E-state index contributed by atoms with van der Waals surface area (Å²) in [6, 6.07) is 11.5. The molecule has 4 atom stereocenters. The number of phenolic OH excluding ortho intramolecular Hbond substituents is 1. The van der Waals surface area contributed by atoms with Crippen LogP contribution in [0.1, 0.15) is 31.1 Å². The molecule has 0 aliphatic carbocycles. The van der Waals surface area contributed by atoms with Gasteiger partial charge in [-0.1, -0.05) is 26.0 Å². The fraction of sp³-hybridized carbons (Fsp3) is 0.429. The summed E-state index contributed by atoms with van der Waals surface area (Å²) in [6.07, 6.45) is 0.918. The Kier molecular flexibility index (Phi) is 4.41. The smallest absolute Gasteiger partial charge is 0.231 e. The molecule has 2 aromatic carbocycles. The van der Waals surface area contributed by atoms with E-state index in [0.29, 0.717) is 17.6 Å². The van der Waals surface area contributed by atoms with E-state index in [4.69, 9.17) is 18.9 Å². The van der Waals surface area contributed by atoms with Crippen molar-refractivity contribution in [3.8, 4) is 23.0 Å². The van der Waals surface area contributed by atoms with E-state index in [9.17, 15) is 5.11 Å². The fourth-order valence-corrected chi connectivity index (χ4v) is 3.84. The minimum Gasteiger partial charge on any atom is -0.504 e. The van der Waals surface area contributed by atoms with Gasteiger partial charge in [0.1, 0.15) is 0 Å². The molecule has 1 saturated heterocycles. The number of phenols is 1. The molecule has 138 valence electrons. The number of hydrogen-bond acceptors (Lipinski definition) is 5. The summed E-state index contributed by atoms with van der Waals surface area (Å²) < 4.78 is 22.6. The number of ether oxygens (including phenoxy) is 4. The first-order valence-electron chi connectivity index (χ1n) is 8.97. The molecule has 1 fully saturated rings. The van der Waals surface area contributed by atoms with Gasteiger partial charge in [0.15, 0.2) is 23.0 Å². The molecule has 1 N–H and O–H groups in total. The van der Waals surface area contributed by atoms with Gasteiger partial charge in [0.2, 0.25) is 6.79 Å². The molecule has 2 aliphatic heterocycles. The number of aromatic hydroxyl groups is 1. The van der Waals surface area contributed by atoms with E-state index in [1.807, 2.05) is 24.3 Å². The molecule has 2 aromatic rings. The third-order valence-corrected chi connectivity index (χ3v) is 5.62. The predicted octanol–water partition coefficient (Wildman–Crippen LogP) is 4.08. The van der Waals surface area contributed by atoms with Crippen LogP contribution in [-0.4, -0.2) is 25.1 Å². The summed E-state index contributed by atoms with van der Waals surface area (Å²) in [5, 5.41) is 9.78. The number of hydrogen-bond donors (Lipinski definition) is 1. The Morgan fingerprint density at radius 2 is 1.85 bits per heavy atom. The zero-order chi connectivity index (χ0) is 18.3. The monoisotopic (exact) mass is 356 g/mol. The van der Waals surface area contributed by atoms with Crippen LogP contribution in [0.15, 0.2) is 36.4 Å². The maximum atomic E-state index is 9.78. The van der Waals surface area contributed by atoms with E-state index in [2.05, 4.69) is 19.9 Å². The molecule has 0 unspecified atom stereocenters. The highest BCUT2D eigenvalue weighted by atomic mass is 16.7. The minimum atomic E-state index is 0.0310. The van der Waals surface area contributed by atoms with Gasteiger partial charge in [-0.05, 0) is 53.6 Å². The standard InChI is InChI=1S/C21H24O5/c1-12-13(2)21(15-5-7-17-20(10-15)25-11-24-17)26-18(12)8-14-4-6-16(22)19(9-14)23-3/h4-7,9-10,12-13,18,21-22H,8,11H2,1-3H3/t12-,13-,18+,21-/m0/s1. The predicted molar refractivity (Wildman–Crippen MR) is 96.9 cm³/mol. The van der Waals surface area contributed by atoms with E-state index >= 15 is 0 Å². The first-order valence-corrected chi connectivity index (χ1v) is 8.97. The van der Waals surface area contributed by atoms with E-state index in [-0.39, 0.29) is 24.8 Å². The minimum absolute atomic E-state index is 0.0310. The van der Waals surface area contributed by atoms with Gasteiger partial charge in [-0.2, -0.15) is 0 Å². The lowest BCUT2D eigenvalue weighted by molar-refractivity contribution is 0.0302. The molecular weight excluding hydrogens is 332 g/mol. The highest BCUT2D eigenvalue weighted by Gasteiger charge is 2.40. The number of methoxy groups -OCH3 is 1. The molecule has 2 heterocycles. The van der Waals surface area contributed by atoms with Crippen LogP contribution in [0.25, 0.3) is 0 Å². The van der Waals surface area contributed by atoms with Crippen molar-refractivity contribution in [2.75, 3.05) is 13.9 Å². The second-order valence-electron chi connectivity index (χ2n) is 7.14. The van der Waals surface area contributed by atoms with E-state index < -0.39 is 0 Å². The largest absolute Gasteiger partial charge is 0.504 e. The molecule has 0 bridgehead atoms. The second kappa shape index (κ2) is 6.72. The maximum Gasteiger partial charge on any atom is 0.231 e. The van der Waals surface area contributed by atoms with Crippen molar-refractivity contribution < 1.29 is 24.1 Å². The summed E-state index contributed by atoms with van der Waals surface area (Å²) in [5.41, 5.74) is 2.22. The number of rotatable bonds is 4. The summed E-state index contributed by atoms with van der Waals surface area (Å²) >= 11 is 0. The summed E-state index contributed by atoms with van der Waals surface area (Å²) in [7, 11) is 1.56. The van der Waals surface area contributed by atoms with Crippen LogP contribution >= 0.6 is 0 Å². The quantitative estimate of drug-likeness (QED) is 0.894. The summed E-state index contributed by atoms with van der Waals surface area (Å²) in [4.78, 5) is 0. The zero-order valence-electron chi connectivity index (χ0n) is 15.3. The van der Waals surface area contributed by atoms with Crippen molar-refractivity contribution in [2.45, 2.75) is 32.5 Å². The van der Waals surface area contributed by atoms with Crippen molar-refractivity contribution >= 4 is 0 Å². The van der Waals surface area contributed by atoms with Crippen LogP contribution in [0, 0.1) is 11.8 Å². The van der Waals surface area contributed by atoms with E-state index in [1.165, 1.54) is 0 Å². The molecular formula is C21H24O5.